The molecular weight excluding hydrogens is 534 g/mol. The minimum Gasteiger partial charge on any atom is -0.494 e. The second kappa shape index (κ2) is 14.9. The molecule has 2 aliphatic rings. The summed E-state index contributed by atoms with van der Waals surface area (Å²) in [5.41, 5.74) is 10.8. The zero-order valence-corrected chi connectivity index (χ0v) is 26.8. The number of nitrogens with one attached hydrogen (secondary N) is 2. The highest BCUT2D eigenvalue weighted by atomic mass is 16.5. The average molecular weight is 590 g/mol. The van der Waals surface area contributed by atoms with Gasteiger partial charge in [-0.2, -0.15) is 5.10 Å². The Morgan fingerprint density at radius 3 is 2.30 bits per heavy atom. The van der Waals surface area contributed by atoms with Crippen molar-refractivity contribution in [3.05, 3.63) is 65.2 Å². The van der Waals surface area contributed by atoms with Gasteiger partial charge in [0.25, 0.3) is 0 Å². The smallest absolute Gasteiger partial charge is 0.325 e. The van der Waals surface area contributed by atoms with E-state index in [0.717, 1.165) is 73.4 Å². The van der Waals surface area contributed by atoms with Gasteiger partial charge in [0.15, 0.2) is 0 Å². The summed E-state index contributed by atoms with van der Waals surface area (Å²) in [6, 6.07) is 16.7. The number of carbonyl (C=O) groups excluding carboxylic acids is 1. The molecule has 0 saturated heterocycles. The Morgan fingerprint density at radius 2 is 1.65 bits per heavy atom. The van der Waals surface area contributed by atoms with Gasteiger partial charge in [-0.3, -0.25) is 10.2 Å². The number of hydrazone groups is 1. The molecule has 236 valence electrons. The predicted octanol–water partition coefficient (Wildman–Crippen LogP) is 9.02. The molecule has 1 aliphatic heterocycles. The minimum absolute atomic E-state index is 0. The molecule has 1 heterocycles. The molecule has 1 aliphatic carbocycles. The molecule has 1 fully saturated rings. The third-order valence-electron chi connectivity index (χ3n) is 8.03. The number of allylic oxidation sites excluding steroid dienone is 1. The van der Waals surface area contributed by atoms with Crippen molar-refractivity contribution in [1.29, 1.82) is 0 Å². The van der Waals surface area contributed by atoms with Gasteiger partial charge in [-0.05, 0) is 116 Å². The lowest BCUT2D eigenvalue weighted by Crippen LogP contribution is -2.31. The van der Waals surface area contributed by atoms with Crippen molar-refractivity contribution >= 4 is 23.1 Å². The maximum absolute atomic E-state index is 12.7. The second-order valence-electron chi connectivity index (χ2n) is 14.4. The van der Waals surface area contributed by atoms with Gasteiger partial charge in [0.1, 0.15) is 18.4 Å². The Kier molecular flexibility index (Phi) is 11.9. The molecular formula is C37H55N3O3. The van der Waals surface area contributed by atoms with Crippen LogP contribution < -0.4 is 15.5 Å². The van der Waals surface area contributed by atoms with Gasteiger partial charge in [-0.1, -0.05) is 61.1 Å². The third kappa shape index (κ3) is 10.7. The number of nitrogens with zero attached hydrogens (tertiary/aromatic N) is 1. The van der Waals surface area contributed by atoms with Gasteiger partial charge in [0.05, 0.1) is 12.3 Å². The molecule has 2 aromatic rings. The highest BCUT2D eigenvalue weighted by molar-refractivity contribution is 5.91. The first-order chi connectivity index (χ1) is 19.9. The first-order valence-corrected chi connectivity index (χ1v) is 15.7. The largest absolute Gasteiger partial charge is 0.494 e. The molecule has 2 N–H and O–H groups in total. The molecule has 4 rings (SSSR count). The molecule has 2 atom stereocenters. The number of ether oxygens (including phenoxy) is 2. The lowest BCUT2D eigenvalue weighted by atomic mass is 9.80. The number of carbonyl (C=O) groups is 1. The fourth-order valence-electron chi connectivity index (χ4n) is 5.73. The van der Waals surface area contributed by atoms with Crippen molar-refractivity contribution in [2.75, 3.05) is 18.5 Å². The van der Waals surface area contributed by atoms with Crippen LogP contribution in [0.4, 0.5) is 5.69 Å². The summed E-state index contributed by atoms with van der Waals surface area (Å²) in [5.74, 6) is 0.960. The first-order valence-electron chi connectivity index (χ1n) is 15.7. The van der Waals surface area contributed by atoms with Gasteiger partial charge in [-0.25, -0.2) is 0 Å². The Morgan fingerprint density at radius 1 is 0.953 bits per heavy atom. The monoisotopic (exact) mass is 589 g/mol. The van der Waals surface area contributed by atoms with Gasteiger partial charge >= 0.3 is 5.97 Å². The fraction of sp³-hybridized carbons (Fsp3) is 0.568. The molecule has 0 amide bonds. The van der Waals surface area contributed by atoms with Gasteiger partial charge in [-0.15, -0.1) is 0 Å². The number of rotatable bonds is 9. The summed E-state index contributed by atoms with van der Waals surface area (Å²) in [4.78, 5) is 12.7. The van der Waals surface area contributed by atoms with E-state index < -0.39 is 0 Å². The minimum atomic E-state index is -0.198. The molecule has 0 spiro atoms. The molecule has 2 aromatic carbocycles. The number of anilines is 1. The second-order valence-corrected chi connectivity index (χ2v) is 14.4. The zero-order chi connectivity index (χ0) is 30.3. The van der Waals surface area contributed by atoms with Gasteiger partial charge < -0.3 is 14.8 Å². The topological polar surface area (TPSA) is 72.0 Å². The number of esters is 1. The molecule has 2 unspecified atom stereocenters. The number of hydrogen-bond donors (Lipinski definition) is 2. The van der Waals surface area contributed by atoms with Crippen molar-refractivity contribution in [2.24, 2.45) is 21.8 Å². The average Bonchev–Trinajstić information content (AvgIpc) is 2.89. The predicted molar refractivity (Wildman–Crippen MR) is 180 cm³/mol. The van der Waals surface area contributed by atoms with Crippen LogP contribution >= 0.6 is 0 Å². The third-order valence-corrected chi connectivity index (χ3v) is 8.03. The lowest BCUT2D eigenvalue weighted by molar-refractivity contribution is -0.147. The van der Waals surface area contributed by atoms with E-state index in [9.17, 15) is 4.79 Å². The summed E-state index contributed by atoms with van der Waals surface area (Å²) in [7, 11) is 0. The van der Waals surface area contributed by atoms with Crippen LogP contribution in [0.25, 0.3) is 5.70 Å². The Bertz CT molecular complexity index is 1250. The van der Waals surface area contributed by atoms with E-state index in [1.54, 1.807) is 0 Å². The van der Waals surface area contributed by atoms with Gasteiger partial charge in [0, 0.05) is 17.3 Å². The van der Waals surface area contributed by atoms with Crippen LogP contribution in [0, 0.1) is 16.7 Å². The maximum Gasteiger partial charge on any atom is 0.325 e. The lowest BCUT2D eigenvalue weighted by Gasteiger charge is -2.32. The van der Waals surface area contributed by atoms with Crippen molar-refractivity contribution in [2.45, 2.75) is 107 Å². The summed E-state index contributed by atoms with van der Waals surface area (Å²) >= 11 is 0. The SMILES string of the molecule is C.CC1=NNC(c2ccc(OCCC(C)(C)C)cc2)=C2CCCC(OC(=O)CNc3ccc(CC(C)(C)C)cc3)CCC12. The van der Waals surface area contributed by atoms with E-state index >= 15 is 0 Å². The number of benzene rings is 2. The standard InChI is InChI=1S/C36H51N3O3.CH4/c1-25-31-20-19-30(42-33(40)24-37-28-15-11-26(12-16-28)23-36(5,6)7)9-8-10-32(31)34(39-38-25)27-13-17-29(18-14-27)41-22-21-35(2,3)4;/h11-18,30-31,37,39H,8-10,19-24H2,1-7H3;1H4. The normalized spacial score (nSPS) is 19.1. The molecule has 6 heteroatoms. The van der Waals surface area contributed by atoms with E-state index in [0.29, 0.717) is 6.61 Å². The Balaban J connectivity index is 0.00000506. The van der Waals surface area contributed by atoms with E-state index in [1.165, 1.54) is 11.1 Å². The molecule has 43 heavy (non-hydrogen) atoms. The van der Waals surface area contributed by atoms with E-state index in [-0.39, 0.29) is 42.8 Å². The maximum atomic E-state index is 12.7. The molecule has 6 nitrogen and oxygen atoms in total. The molecule has 0 bridgehead atoms. The van der Waals surface area contributed by atoms with E-state index in [4.69, 9.17) is 9.47 Å². The molecule has 0 aromatic heterocycles. The van der Waals surface area contributed by atoms with Crippen LogP contribution in [-0.2, 0) is 16.0 Å². The summed E-state index contributed by atoms with van der Waals surface area (Å²) in [6.07, 6.45) is 6.52. The summed E-state index contributed by atoms with van der Waals surface area (Å²) in [5, 5.41) is 7.91. The van der Waals surface area contributed by atoms with Crippen LogP contribution in [0.15, 0.2) is 59.2 Å². The van der Waals surface area contributed by atoms with E-state index in [2.05, 4.69) is 101 Å². The van der Waals surface area contributed by atoms with Crippen LogP contribution in [-0.4, -0.2) is 30.9 Å². The van der Waals surface area contributed by atoms with Crippen molar-refractivity contribution < 1.29 is 14.3 Å². The van der Waals surface area contributed by atoms with Gasteiger partial charge in [0.2, 0.25) is 0 Å². The van der Waals surface area contributed by atoms with Crippen molar-refractivity contribution in [3.8, 4) is 5.75 Å². The highest BCUT2D eigenvalue weighted by Crippen LogP contribution is 2.36. The van der Waals surface area contributed by atoms with Crippen LogP contribution in [0.3, 0.4) is 0 Å². The van der Waals surface area contributed by atoms with E-state index in [1.807, 2.05) is 12.1 Å². The summed E-state index contributed by atoms with van der Waals surface area (Å²) < 4.78 is 11.9. The van der Waals surface area contributed by atoms with Crippen LogP contribution in [0.5, 0.6) is 5.75 Å². The Hall–Kier alpha value is -3.28. The highest BCUT2D eigenvalue weighted by Gasteiger charge is 2.29. The van der Waals surface area contributed by atoms with Crippen LogP contribution in [0.2, 0.25) is 0 Å². The fourth-order valence-corrected chi connectivity index (χ4v) is 5.73. The summed E-state index contributed by atoms with van der Waals surface area (Å²) in [6.45, 7) is 16.4. The van der Waals surface area contributed by atoms with Crippen molar-refractivity contribution in [1.82, 2.24) is 5.43 Å². The molecule has 1 saturated carbocycles. The zero-order valence-electron chi connectivity index (χ0n) is 26.8. The quantitative estimate of drug-likeness (QED) is 0.286. The van der Waals surface area contributed by atoms with Crippen molar-refractivity contribution in [3.63, 3.8) is 0 Å². The number of fused-ring (bicyclic) bond motifs is 1. The van der Waals surface area contributed by atoms with Crippen LogP contribution in [0.1, 0.15) is 106 Å². The first kappa shape index (κ1) is 34.2. The number of hydrogen-bond acceptors (Lipinski definition) is 6. The Labute approximate surface area is 260 Å². The molecule has 0 radical (unpaired) electrons.